The lowest BCUT2D eigenvalue weighted by atomic mass is 10.2. The molecule has 1 amide bonds. The molecule has 116 valence electrons. The van der Waals surface area contributed by atoms with Gasteiger partial charge in [-0.25, -0.2) is 9.78 Å². The Morgan fingerprint density at radius 2 is 1.96 bits per heavy atom. The van der Waals surface area contributed by atoms with Crippen molar-refractivity contribution >= 4 is 40.3 Å². The number of anilines is 1. The first-order valence-corrected chi connectivity index (χ1v) is 7.05. The predicted octanol–water partition coefficient (Wildman–Crippen LogP) is 3.28. The second-order valence-corrected chi connectivity index (χ2v) is 5.10. The number of rotatable bonds is 4. The fraction of sp³-hybridized carbons (Fsp3) is 0.0625. The van der Waals surface area contributed by atoms with Crippen LogP contribution in [0.4, 0.5) is 5.69 Å². The molecular weight excluding hydrogens is 320 g/mol. The van der Waals surface area contributed by atoms with Crippen molar-refractivity contribution in [3.8, 4) is 0 Å². The van der Waals surface area contributed by atoms with Crippen molar-refractivity contribution in [3.63, 3.8) is 0 Å². The maximum absolute atomic E-state index is 11.9. The van der Waals surface area contributed by atoms with Gasteiger partial charge < -0.3 is 14.5 Å². The molecule has 2 aromatic carbocycles. The Labute approximate surface area is 136 Å². The van der Waals surface area contributed by atoms with Crippen molar-refractivity contribution in [3.05, 3.63) is 59.4 Å². The largest absolute Gasteiger partial charge is 0.452 e. The van der Waals surface area contributed by atoms with Crippen LogP contribution in [0, 0.1) is 0 Å². The van der Waals surface area contributed by atoms with Crippen LogP contribution in [0.25, 0.3) is 11.1 Å². The first-order chi connectivity index (χ1) is 11.1. The van der Waals surface area contributed by atoms with Gasteiger partial charge in [-0.15, -0.1) is 0 Å². The summed E-state index contributed by atoms with van der Waals surface area (Å²) in [6.45, 7) is -0.393. The van der Waals surface area contributed by atoms with Gasteiger partial charge in [-0.2, -0.15) is 0 Å². The van der Waals surface area contributed by atoms with E-state index in [0.717, 1.165) is 0 Å². The molecule has 1 N–H and O–H groups in total. The van der Waals surface area contributed by atoms with Crippen LogP contribution in [0.5, 0.6) is 0 Å². The number of carbonyl (C=O) groups excluding carboxylic acids is 2. The summed E-state index contributed by atoms with van der Waals surface area (Å²) < 4.78 is 10.1. The van der Waals surface area contributed by atoms with E-state index in [4.69, 9.17) is 20.8 Å². The number of aromatic nitrogens is 1. The number of amides is 1. The minimum Gasteiger partial charge on any atom is -0.452 e. The summed E-state index contributed by atoms with van der Waals surface area (Å²) in [6, 6.07) is 11.3. The summed E-state index contributed by atoms with van der Waals surface area (Å²) in [7, 11) is 0. The summed E-state index contributed by atoms with van der Waals surface area (Å²) >= 11 is 5.76. The van der Waals surface area contributed by atoms with Crippen LogP contribution in [-0.2, 0) is 9.53 Å². The molecule has 0 fully saturated rings. The molecule has 1 heterocycles. The van der Waals surface area contributed by atoms with E-state index in [1.165, 1.54) is 12.5 Å². The molecule has 3 rings (SSSR count). The molecule has 0 aliphatic carbocycles. The average molecular weight is 331 g/mol. The average Bonchev–Trinajstić information content (AvgIpc) is 3.02. The van der Waals surface area contributed by atoms with Crippen molar-refractivity contribution in [2.24, 2.45) is 0 Å². The van der Waals surface area contributed by atoms with E-state index in [1.54, 1.807) is 36.4 Å². The fourth-order valence-corrected chi connectivity index (χ4v) is 2.05. The topological polar surface area (TPSA) is 81.4 Å². The predicted molar refractivity (Wildman–Crippen MR) is 84.4 cm³/mol. The monoisotopic (exact) mass is 330 g/mol. The van der Waals surface area contributed by atoms with Gasteiger partial charge >= 0.3 is 5.97 Å². The van der Waals surface area contributed by atoms with Gasteiger partial charge in [0.25, 0.3) is 5.91 Å². The summed E-state index contributed by atoms with van der Waals surface area (Å²) in [5, 5.41) is 3.17. The number of carbonyl (C=O) groups is 2. The van der Waals surface area contributed by atoms with Crippen molar-refractivity contribution in [1.82, 2.24) is 4.98 Å². The quantitative estimate of drug-likeness (QED) is 0.742. The van der Waals surface area contributed by atoms with E-state index < -0.39 is 18.5 Å². The number of oxazole rings is 1. The zero-order valence-corrected chi connectivity index (χ0v) is 12.5. The Bertz CT molecular complexity index is 858. The molecule has 0 atom stereocenters. The van der Waals surface area contributed by atoms with Crippen molar-refractivity contribution in [2.75, 3.05) is 11.9 Å². The van der Waals surface area contributed by atoms with E-state index in [0.29, 0.717) is 21.8 Å². The Kier molecular flexibility index (Phi) is 4.25. The lowest BCUT2D eigenvalue weighted by Crippen LogP contribution is -2.20. The van der Waals surface area contributed by atoms with Crippen molar-refractivity contribution < 1.29 is 18.7 Å². The molecule has 0 radical (unpaired) electrons. The summed E-state index contributed by atoms with van der Waals surface area (Å²) in [5.74, 6) is -1.06. The summed E-state index contributed by atoms with van der Waals surface area (Å²) in [5.41, 5.74) is 1.97. The van der Waals surface area contributed by atoms with E-state index in [2.05, 4.69) is 10.3 Å². The smallest absolute Gasteiger partial charge is 0.338 e. The van der Waals surface area contributed by atoms with E-state index in [9.17, 15) is 9.59 Å². The number of halogens is 1. The van der Waals surface area contributed by atoms with Gasteiger partial charge in [0.15, 0.2) is 18.6 Å². The van der Waals surface area contributed by atoms with Crippen LogP contribution >= 0.6 is 11.6 Å². The minimum absolute atomic E-state index is 0.286. The van der Waals surface area contributed by atoms with E-state index in [-0.39, 0.29) is 5.56 Å². The van der Waals surface area contributed by atoms with Gasteiger partial charge in [-0.05, 0) is 42.5 Å². The third-order valence-electron chi connectivity index (χ3n) is 3.03. The van der Waals surface area contributed by atoms with Gasteiger partial charge in [0.05, 0.1) is 5.56 Å². The fourth-order valence-electron chi connectivity index (χ4n) is 1.93. The molecule has 0 spiro atoms. The molecule has 0 aliphatic rings. The molecule has 6 nitrogen and oxygen atoms in total. The first-order valence-electron chi connectivity index (χ1n) is 6.67. The van der Waals surface area contributed by atoms with Crippen molar-refractivity contribution in [2.45, 2.75) is 0 Å². The highest BCUT2D eigenvalue weighted by atomic mass is 35.5. The Balaban J connectivity index is 1.57. The standard InChI is InChI=1S/C16H11ClN2O4/c17-11-2-4-12(5-3-11)19-15(20)8-22-16(21)10-1-6-13-14(7-10)23-9-18-13/h1-7,9H,8H2,(H,19,20). The molecule has 0 unspecified atom stereocenters. The number of esters is 1. The maximum Gasteiger partial charge on any atom is 0.338 e. The van der Waals surface area contributed by atoms with Gasteiger partial charge in [-0.1, -0.05) is 11.6 Å². The highest BCUT2D eigenvalue weighted by Crippen LogP contribution is 2.15. The van der Waals surface area contributed by atoms with Crippen LogP contribution in [0.15, 0.2) is 53.3 Å². The van der Waals surface area contributed by atoms with Crippen LogP contribution in [-0.4, -0.2) is 23.5 Å². The van der Waals surface area contributed by atoms with E-state index >= 15 is 0 Å². The van der Waals surface area contributed by atoms with Gasteiger partial charge in [0.1, 0.15) is 5.52 Å². The maximum atomic E-state index is 11.9. The van der Waals surface area contributed by atoms with Crippen LogP contribution in [0.1, 0.15) is 10.4 Å². The van der Waals surface area contributed by atoms with Crippen LogP contribution < -0.4 is 5.32 Å². The zero-order valence-electron chi connectivity index (χ0n) is 11.8. The second-order valence-electron chi connectivity index (χ2n) is 4.67. The first kappa shape index (κ1) is 15.1. The molecule has 0 saturated heterocycles. The SMILES string of the molecule is O=C(COC(=O)c1ccc2ncoc2c1)Nc1ccc(Cl)cc1. The molecular formula is C16H11ClN2O4. The highest BCUT2D eigenvalue weighted by Gasteiger charge is 2.12. The zero-order chi connectivity index (χ0) is 16.2. The third-order valence-corrected chi connectivity index (χ3v) is 3.28. The lowest BCUT2D eigenvalue weighted by molar-refractivity contribution is -0.119. The third kappa shape index (κ3) is 3.67. The normalized spacial score (nSPS) is 10.5. The molecule has 23 heavy (non-hydrogen) atoms. The lowest BCUT2D eigenvalue weighted by Gasteiger charge is -2.06. The van der Waals surface area contributed by atoms with Crippen molar-refractivity contribution in [1.29, 1.82) is 0 Å². The van der Waals surface area contributed by atoms with Crippen LogP contribution in [0.2, 0.25) is 5.02 Å². The Hall–Kier alpha value is -2.86. The molecule has 0 aliphatic heterocycles. The van der Waals surface area contributed by atoms with E-state index in [1.807, 2.05) is 0 Å². The minimum atomic E-state index is -0.616. The highest BCUT2D eigenvalue weighted by molar-refractivity contribution is 6.30. The Morgan fingerprint density at radius 1 is 1.17 bits per heavy atom. The number of hydrogen-bond acceptors (Lipinski definition) is 5. The second kappa shape index (κ2) is 6.50. The Morgan fingerprint density at radius 3 is 2.74 bits per heavy atom. The summed E-state index contributed by atoms with van der Waals surface area (Å²) in [4.78, 5) is 27.6. The number of nitrogens with zero attached hydrogens (tertiary/aromatic N) is 1. The number of hydrogen-bond donors (Lipinski definition) is 1. The number of nitrogens with one attached hydrogen (secondary N) is 1. The molecule has 0 bridgehead atoms. The summed E-state index contributed by atoms with van der Waals surface area (Å²) in [6.07, 6.45) is 1.29. The van der Waals surface area contributed by atoms with Gasteiger partial charge in [0.2, 0.25) is 0 Å². The number of ether oxygens (including phenoxy) is 1. The van der Waals surface area contributed by atoms with Gasteiger partial charge in [-0.3, -0.25) is 4.79 Å². The number of fused-ring (bicyclic) bond motifs is 1. The molecule has 7 heteroatoms. The molecule has 3 aromatic rings. The van der Waals surface area contributed by atoms with Gasteiger partial charge in [0, 0.05) is 10.7 Å². The van der Waals surface area contributed by atoms with Crippen LogP contribution in [0.3, 0.4) is 0 Å². The number of benzene rings is 2. The molecule has 0 saturated carbocycles. The molecule has 1 aromatic heterocycles.